The van der Waals surface area contributed by atoms with Gasteiger partial charge in [-0.15, -0.1) is 0 Å². The minimum absolute atomic E-state index is 0.117. The Bertz CT molecular complexity index is 403. The quantitative estimate of drug-likeness (QED) is 0.843. The second-order valence-electron chi connectivity index (χ2n) is 4.86. The highest BCUT2D eigenvalue weighted by Gasteiger charge is 2.23. The molecule has 2 unspecified atom stereocenters. The first-order chi connectivity index (χ1) is 8.15. The topological polar surface area (TPSA) is 49.3 Å². The first-order valence-corrected chi connectivity index (χ1v) is 6.19. The first kappa shape index (κ1) is 12.1. The van der Waals surface area contributed by atoms with Gasteiger partial charge in [-0.25, -0.2) is 0 Å². The van der Waals surface area contributed by atoms with E-state index in [1.807, 2.05) is 0 Å². The van der Waals surface area contributed by atoms with Crippen LogP contribution in [0.3, 0.4) is 0 Å². The molecule has 2 atom stereocenters. The van der Waals surface area contributed by atoms with Gasteiger partial charge < -0.3 is 10.4 Å². The van der Waals surface area contributed by atoms with Crippen LogP contribution in [-0.2, 0) is 4.79 Å². The van der Waals surface area contributed by atoms with Crippen molar-refractivity contribution in [1.29, 1.82) is 0 Å². The highest BCUT2D eigenvalue weighted by atomic mass is 16.4. The fourth-order valence-electron chi connectivity index (χ4n) is 2.54. The minimum Gasteiger partial charge on any atom is -0.481 e. The van der Waals surface area contributed by atoms with E-state index in [0.29, 0.717) is 6.04 Å². The lowest BCUT2D eigenvalue weighted by Gasteiger charge is -2.30. The SMILES string of the molecule is Cc1cccc(C2CCCC(CC(=O)O)N2)c1. The second-order valence-corrected chi connectivity index (χ2v) is 4.86. The van der Waals surface area contributed by atoms with Crippen molar-refractivity contribution in [1.82, 2.24) is 5.32 Å². The molecule has 1 fully saturated rings. The van der Waals surface area contributed by atoms with Crippen LogP contribution in [0, 0.1) is 6.92 Å². The van der Waals surface area contributed by atoms with E-state index in [0.717, 1.165) is 19.3 Å². The number of hydrogen-bond donors (Lipinski definition) is 2. The predicted molar refractivity (Wildman–Crippen MR) is 66.9 cm³/mol. The molecular weight excluding hydrogens is 214 g/mol. The average molecular weight is 233 g/mol. The zero-order valence-electron chi connectivity index (χ0n) is 10.1. The van der Waals surface area contributed by atoms with Crippen LogP contribution in [0.1, 0.15) is 42.9 Å². The summed E-state index contributed by atoms with van der Waals surface area (Å²) in [6, 6.07) is 8.88. The molecule has 2 rings (SSSR count). The molecule has 3 heteroatoms. The number of carboxylic acid groups (broad SMARTS) is 1. The number of piperidine rings is 1. The zero-order chi connectivity index (χ0) is 12.3. The molecule has 0 bridgehead atoms. The van der Waals surface area contributed by atoms with Crippen LogP contribution in [0.25, 0.3) is 0 Å². The second kappa shape index (κ2) is 5.32. The molecule has 0 spiro atoms. The molecule has 0 aromatic heterocycles. The number of benzene rings is 1. The molecule has 1 heterocycles. The van der Waals surface area contributed by atoms with Crippen LogP contribution < -0.4 is 5.32 Å². The molecule has 3 nitrogen and oxygen atoms in total. The van der Waals surface area contributed by atoms with Crippen molar-refractivity contribution >= 4 is 5.97 Å². The number of hydrogen-bond acceptors (Lipinski definition) is 2. The molecule has 1 aromatic rings. The average Bonchev–Trinajstić information content (AvgIpc) is 2.28. The maximum absolute atomic E-state index is 10.7. The highest BCUT2D eigenvalue weighted by molar-refractivity contribution is 5.67. The first-order valence-electron chi connectivity index (χ1n) is 6.19. The molecule has 92 valence electrons. The lowest BCUT2D eigenvalue weighted by Crippen LogP contribution is -2.38. The van der Waals surface area contributed by atoms with Crippen molar-refractivity contribution in [2.24, 2.45) is 0 Å². The van der Waals surface area contributed by atoms with E-state index in [1.54, 1.807) is 0 Å². The van der Waals surface area contributed by atoms with Crippen molar-refractivity contribution < 1.29 is 9.90 Å². The Morgan fingerprint density at radius 3 is 3.00 bits per heavy atom. The van der Waals surface area contributed by atoms with Crippen molar-refractivity contribution in [3.05, 3.63) is 35.4 Å². The fourth-order valence-corrected chi connectivity index (χ4v) is 2.54. The normalized spacial score (nSPS) is 24.5. The predicted octanol–water partition coefficient (Wildman–Crippen LogP) is 2.65. The van der Waals surface area contributed by atoms with Gasteiger partial charge in [0.2, 0.25) is 0 Å². The van der Waals surface area contributed by atoms with Crippen LogP contribution in [0.4, 0.5) is 0 Å². The van der Waals surface area contributed by atoms with Crippen LogP contribution in [0.5, 0.6) is 0 Å². The molecule has 1 aliphatic rings. The Kier molecular flexibility index (Phi) is 3.79. The molecule has 0 aliphatic carbocycles. The van der Waals surface area contributed by atoms with Crippen LogP contribution in [0.2, 0.25) is 0 Å². The van der Waals surface area contributed by atoms with E-state index in [1.165, 1.54) is 11.1 Å². The maximum Gasteiger partial charge on any atom is 0.304 e. The summed E-state index contributed by atoms with van der Waals surface area (Å²) in [7, 11) is 0. The minimum atomic E-state index is -0.715. The zero-order valence-corrected chi connectivity index (χ0v) is 10.1. The van der Waals surface area contributed by atoms with Gasteiger partial charge in [-0.2, -0.15) is 0 Å². The van der Waals surface area contributed by atoms with E-state index in [2.05, 4.69) is 36.5 Å². The van der Waals surface area contributed by atoms with E-state index < -0.39 is 5.97 Å². The van der Waals surface area contributed by atoms with Gasteiger partial charge in [0.1, 0.15) is 0 Å². The van der Waals surface area contributed by atoms with Gasteiger partial charge >= 0.3 is 5.97 Å². The van der Waals surface area contributed by atoms with Crippen molar-refractivity contribution in [3.63, 3.8) is 0 Å². The third-order valence-corrected chi connectivity index (χ3v) is 3.35. The van der Waals surface area contributed by atoms with Crippen molar-refractivity contribution in [2.45, 2.75) is 44.7 Å². The molecule has 1 aromatic carbocycles. The summed E-state index contributed by atoms with van der Waals surface area (Å²) in [5.41, 5.74) is 2.53. The van der Waals surface area contributed by atoms with E-state index in [-0.39, 0.29) is 12.5 Å². The molecule has 0 amide bonds. The van der Waals surface area contributed by atoms with Gasteiger partial charge in [-0.05, 0) is 31.7 Å². The lowest BCUT2D eigenvalue weighted by atomic mass is 9.91. The molecule has 0 saturated carbocycles. The van der Waals surface area contributed by atoms with Gasteiger partial charge in [0.25, 0.3) is 0 Å². The summed E-state index contributed by atoms with van der Waals surface area (Å²) in [5.74, 6) is -0.715. The highest BCUT2D eigenvalue weighted by Crippen LogP contribution is 2.26. The molecule has 0 radical (unpaired) electrons. The lowest BCUT2D eigenvalue weighted by molar-refractivity contribution is -0.137. The van der Waals surface area contributed by atoms with Gasteiger partial charge in [0, 0.05) is 12.1 Å². The number of carbonyl (C=O) groups is 1. The van der Waals surface area contributed by atoms with Gasteiger partial charge in [-0.3, -0.25) is 4.79 Å². The van der Waals surface area contributed by atoms with Gasteiger partial charge in [0.15, 0.2) is 0 Å². The number of aliphatic carboxylic acids is 1. The Labute approximate surface area is 102 Å². The van der Waals surface area contributed by atoms with E-state index in [4.69, 9.17) is 5.11 Å². The smallest absolute Gasteiger partial charge is 0.304 e. The Balaban J connectivity index is 2.04. The van der Waals surface area contributed by atoms with Crippen LogP contribution in [-0.4, -0.2) is 17.1 Å². The molecule has 1 aliphatic heterocycles. The van der Waals surface area contributed by atoms with E-state index in [9.17, 15) is 4.79 Å². The summed E-state index contributed by atoms with van der Waals surface area (Å²) in [5, 5.41) is 12.3. The third kappa shape index (κ3) is 3.30. The van der Waals surface area contributed by atoms with Crippen LogP contribution in [0.15, 0.2) is 24.3 Å². The molecule has 1 saturated heterocycles. The monoisotopic (exact) mass is 233 g/mol. The van der Waals surface area contributed by atoms with Gasteiger partial charge in [0.05, 0.1) is 6.42 Å². The van der Waals surface area contributed by atoms with Crippen molar-refractivity contribution in [2.75, 3.05) is 0 Å². The summed E-state index contributed by atoms with van der Waals surface area (Å²) in [6.45, 7) is 2.08. The van der Waals surface area contributed by atoms with E-state index >= 15 is 0 Å². The largest absolute Gasteiger partial charge is 0.481 e. The third-order valence-electron chi connectivity index (χ3n) is 3.35. The summed E-state index contributed by atoms with van der Waals surface area (Å²) in [4.78, 5) is 10.7. The number of carboxylic acids is 1. The Morgan fingerprint density at radius 2 is 2.29 bits per heavy atom. The molecule has 17 heavy (non-hydrogen) atoms. The summed E-state index contributed by atoms with van der Waals surface area (Å²) in [6.07, 6.45) is 3.39. The number of nitrogens with one attached hydrogen (secondary N) is 1. The Morgan fingerprint density at radius 1 is 1.47 bits per heavy atom. The molecule has 2 N–H and O–H groups in total. The van der Waals surface area contributed by atoms with Gasteiger partial charge in [-0.1, -0.05) is 29.8 Å². The fraction of sp³-hybridized carbons (Fsp3) is 0.500. The number of aryl methyl sites for hydroxylation is 1. The van der Waals surface area contributed by atoms with Crippen LogP contribution >= 0.6 is 0 Å². The molecular formula is C14H19NO2. The standard InChI is InChI=1S/C14H19NO2/c1-10-4-2-5-11(8-10)13-7-3-6-12(15-13)9-14(16)17/h2,4-5,8,12-13,15H,3,6-7,9H2,1H3,(H,16,17). The summed E-state index contributed by atoms with van der Waals surface area (Å²) >= 11 is 0. The Hall–Kier alpha value is -1.35. The number of rotatable bonds is 3. The van der Waals surface area contributed by atoms with Crippen molar-refractivity contribution in [3.8, 4) is 0 Å². The maximum atomic E-state index is 10.7. The summed E-state index contributed by atoms with van der Waals surface area (Å²) < 4.78 is 0.